The Bertz CT molecular complexity index is 686. The van der Waals surface area contributed by atoms with Crippen molar-refractivity contribution in [2.75, 3.05) is 20.7 Å². The highest BCUT2D eigenvalue weighted by atomic mass is 35.5. The number of rotatable bonds is 8. The molecule has 2 saturated heterocycles. The second-order valence-corrected chi connectivity index (χ2v) is 8.32. The van der Waals surface area contributed by atoms with E-state index >= 15 is 0 Å². The van der Waals surface area contributed by atoms with E-state index in [4.69, 9.17) is 4.74 Å². The molecule has 3 unspecified atom stereocenters. The number of hydrogen-bond donors (Lipinski definition) is 2. The van der Waals surface area contributed by atoms with Crippen molar-refractivity contribution in [1.29, 1.82) is 0 Å². The van der Waals surface area contributed by atoms with E-state index < -0.39 is 0 Å². The fraction of sp³-hybridized carbons (Fsp3) is 0.636. The molecule has 2 N–H and O–H groups in total. The van der Waals surface area contributed by atoms with Crippen LogP contribution in [0.5, 0.6) is 5.75 Å². The molecule has 2 aliphatic rings. The highest BCUT2D eigenvalue weighted by Gasteiger charge is 2.34. The van der Waals surface area contributed by atoms with E-state index in [0.29, 0.717) is 30.2 Å². The van der Waals surface area contributed by atoms with Crippen molar-refractivity contribution >= 4 is 24.2 Å². The Labute approximate surface area is 180 Å². The van der Waals surface area contributed by atoms with Gasteiger partial charge in [-0.05, 0) is 44.1 Å². The van der Waals surface area contributed by atoms with Gasteiger partial charge in [-0.1, -0.05) is 25.1 Å². The Morgan fingerprint density at radius 2 is 1.86 bits per heavy atom. The Kier molecular flexibility index (Phi) is 8.78. The fourth-order valence-electron chi connectivity index (χ4n) is 4.43. The third-order valence-corrected chi connectivity index (χ3v) is 5.93. The fourth-order valence-corrected chi connectivity index (χ4v) is 4.43. The van der Waals surface area contributed by atoms with Gasteiger partial charge in [0.15, 0.2) is 6.61 Å². The molecule has 2 aliphatic heterocycles. The first-order valence-corrected chi connectivity index (χ1v) is 10.4. The lowest BCUT2D eigenvalue weighted by atomic mass is 9.89. The van der Waals surface area contributed by atoms with Crippen LogP contribution in [0, 0.1) is 5.92 Å². The van der Waals surface area contributed by atoms with Crippen LogP contribution >= 0.6 is 12.4 Å². The first-order valence-electron chi connectivity index (χ1n) is 10.4. The number of carbonyl (C=O) groups excluding carboxylic acids is 2. The van der Waals surface area contributed by atoms with Crippen molar-refractivity contribution in [3.8, 4) is 5.75 Å². The van der Waals surface area contributed by atoms with Crippen LogP contribution in [0.25, 0.3) is 0 Å². The third kappa shape index (κ3) is 6.34. The molecule has 2 amide bonds. The molecule has 2 fully saturated rings. The van der Waals surface area contributed by atoms with Crippen LogP contribution in [0.1, 0.15) is 57.1 Å². The van der Waals surface area contributed by atoms with E-state index in [-0.39, 0.29) is 36.9 Å². The van der Waals surface area contributed by atoms with E-state index in [1.54, 1.807) is 14.1 Å². The summed E-state index contributed by atoms with van der Waals surface area (Å²) in [5, 5.41) is 6.83. The highest BCUT2D eigenvalue weighted by Crippen LogP contribution is 2.33. The van der Waals surface area contributed by atoms with Crippen LogP contribution < -0.4 is 15.4 Å². The van der Waals surface area contributed by atoms with Crippen molar-refractivity contribution in [2.24, 2.45) is 5.92 Å². The number of carbonyl (C=O) groups is 2. The minimum absolute atomic E-state index is 0. The number of nitrogens with one attached hydrogen (secondary N) is 2. The summed E-state index contributed by atoms with van der Waals surface area (Å²) in [6.07, 6.45) is 6.06. The first-order chi connectivity index (χ1) is 13.5. The van der Waals surface area contributed by atoms with Crippen LogP contribution in [0.15, 0.2) is 24.3 Å². The average Bonchev–Trinajstić information content (AvgIpc) is 3.02. The van der Waals surface area contributed by atoms with Gasteiger partial charge in [-0.3, -0.25) is 9.59 Å². The molecule has 1 aromatic rings. The molecular formula is C22H34ClN3O3. The predicted octanol–water partition coefficient (Wildman–Crippen LogP) is 3.06. The van der Waals surface area contributed by atoms with E-state index in [9.17, 15) is 9.59 Å². The maximum atomic E-state index is 12.7. The summed E-state index contributed by atoms with van der Waals surface area (Å²) in [5.74, 6) is 1.15. The maximum absolute atomic E-state index is 12.7. The Hall–Kier alpha value is -1.79. The van der Waals surface area contributed by atoms with Gasteiger partial charge >= 0.3 is 0 Å². The third-order valence-electron chi connectivity index (χ3n) is 5.93. The van der Waals surface area contributed by atoms with Crippen LogP contribution in [0.4, 0.5) is 0 Å². The van der Waals surface area contributed by atoms with Crippen molar-refractivity contribution in [2.45, 2.75) is 63.6 Å². The van der Waals surface area contributed by atoms with Crippen LogP contribution in [-0.2, 0) is 9.59 Å². The number of piperidine rings is 1. The first kappa shape index (κ1) is 23.5. The van der Waals surface area contributed by atoms with Gasteiger partial charge in [0.2, 0.25) is 5.91 Å². The zero-order chi connectivity index (χ0) is 20.1. The van der Waals surface area contributed by atoms with Crippen molar-refractivity contribution in [1.82, 2.24) is 15.5 Å². The number of nitrogens with zero attached hydrogens (tertiary/aromatic N) is 1. The lowest BCUT2D eigenvalue weighted by Crippen LogP contribution is -2.40. The molecule has 3 rings (SSSR count). The van der Waals surface area contributed by atoms with Crippen molar-refractivity contribution < 1.29 is 14.3 Å². The quantitative estimate of drug-likeness (QED) is 0.674. The van der Waals surface area contributed by atoms with E-state index in [2.05, 4.69) is 17.6 Å². The topological polar surface area (TPSA) is 70.7 Å². The molecule has 29 heavy (non-hydrogen) atoms. The van der Waals surface area contributed by atoms with Gasteiger partial charge < -0.3 is 20.3 Å². The number of ether oxygens (including phenoxy) is 1. The summed E-state index contributed by atoms with van der Waals surface area (Å²) in [4.78, 5) is 26.1. The molecule has 2 bridgehead atoms. The highest BCUT2D eigenvalue weighted by molar-refractivity contribution is 5.85. The zero-order valence-electron chi connectivity index (χ0n) is 17.6. The van der Waals surface area contributed by atoms with E-state index in [1.165, 1.54) is 17.7 Å². The number of fused-ring (bicyclic) bond motifs is 2. The molecule has 0 aliphatic carbocycles. The molecule has 3 atom stereocenters. The van der Waals surface area contributed by atoms with Gasteiger partial charge in [-0.15, -0.1) is 12.4 Å². The van der Waals surface area contributed by atoms with Crippen LogP contribution in [0.2, 0.25) is 0 Å². The number of halogens is 1. The molecule has 162 valence electrons. The second kappa shape index (κ2) is 10.8. The lowest BCUT2D eigenvalue weighted by molar-refractivity contribution is -0.130. The molecule has 7 heteroatoms. The molecule has 0 radical (unpaired) electrons. The predicted molar refractivity (Wildman–Crippen MR) is 116 cm³/mol. The Morgan fingerprint density at radius 3 is 2.48 bits per heavy atom. The Morgan fingerprint density at radius 1 is 1.21 bits per heavy atom. The van der Waals surface area contributed by atoms with E-state index in [0.717, 1.165) is 24.8 Å². The van der Waals surface area contributed by atoms with Crippen LogP contribution in [0.3, 0.4) is 0 Å². The number of para-hydroxylation sites is 1. The molecule has 6 nitrogen and oxygen atoms in total. The lowest BCUT2D eigenvalue weighted by Gasteiger charge is -2.29. The summed E-state index contributed by atoms with van der Waals surface area (Å²) in [5.41, 5.74) is 0.926. The molecular weight excluding hydrogens is 390 g/mol. The molecule has 0 aromatic heterocycles. The minimum Gasteiger partial charge on any atom is -0.483 e. The summed E-state index contributed by atoms with van der Waals surface area (Å²) in [6, 6.07) is 8.74. The largest absolute Gasteiger partial charge is 0.483 e. The number of benzene rings is 1. The zero-order valence-corrected chi connectivity index (χ0v) is 18.5. The minimum atomic E-state index is -0.114. The second-order valence-electron chi connectivity index (χ2n) is 8.32. The standard InChI is InChI=1S/C22H33N3O3.ClH/c1-4-19(18-7-5-6-8-20(18)28-14-22(27)25(2)3)24-21(26)13-15-11-16-9-10-17(12-15)23-16;/h5-8,15-17,19,23H,4,9-14H2,1-3H3,(H,24,26);1H. The van der Waals surface area contributed by atoms with Crippen molar-refractivity contribution in [3.05, 3.63) is 29.8 Å². The number of likely N-dealkylation sites (N-methyl/N-ethyl adjacent to an activating group) is 1. The average molecular weight is 424 g/mol. The smallest absolute Gasteiger partial charge is 0.259 e. The molecule has 0 spiro atoms. The van der Waals surface area contributed by atoms with Crippen molar-refractivity contribution in [3.63, 3.8) is 0 Å². The molecule has 1 aromatic carbocycles. The SMILES string of the molecule is CCC(NC(=O)CC1CC2CCC(C1)N2)c1ccccc1OCC(=O)N(C)C.Cl. The summed E-state index contributed by atoms with van der Waals surface area (Å²) in [7, 11) is 3.42. The van der Waals surface area contributed by atoms with Gasteiger partial charge in [0.25, 0.3) is 5.91 Å². The van der Waals surface area contributed by atoms with Gasteiger partial charge in [0.05, 0.1) is 6.04 Å². The van der Waals surface area contributed by atoms with E-state index in [1.807, 2.05) is 24.3 Å². The number of hydrogen-bond acceptors (Lipinski definition) is 4. The van der Waals surface area contributed by atoms with Gasteiger partial charge in [-0.2, -0.15) is 0 Å². The molecule has 2 heterocycles. The normalized spacial score (nSPS) is 23.6. The van der Waals surface area contributed by atoms with Gasteiger partial charge in [0, 0.05) is 38.2 Å². The maximum Gasteiger partial charge on any atom is 0.259 e. The Balaban J connectivity index is 0.00000300. The summed E-state index contributed by atoms with van der Waals surface area (Å²) >= 11 is 0. The van der Waals surface area contributed by atoms with Crippen LogP contribution in [-0.4, -0.2) is 49.5 Å². The molecule has 0 saturated carbocycles. The van der Waals surface area contributed by atoms with Gasteiger partial charge in [0.1, 0.15) is 5.75 Å². The van der Waals surface area contributed by atoms with Gasteiger partial charge in [-0.25, -0.2) is 0 Å². The summed E-state index contributed by atoms with van der Waals surface area (Å²) < 4.78 is 5.76. The summed E-state index contributed by atoms with van der Waals surface area (Å²) in [6.45, 7) is 2.05. The monoisotopic (exact) mass is 423 g/mol. The number of amides is 2.